The highest BCUT2D eigenvalue weighted by molar-refractivity contribution is 5.72. The van der Waals surface area contributed by atoms with Gasteiger partial charge in [0, 0.05) is 13.0 Å². The molecule has 1 fully saturated rings. The van der Waals surface area contributed by atoms with Crippen LogP contribution in [0.2, 0.25) is 0 Å². The van der Waals surface area contributed by atoms with Gasteiger partial charge in [-0.2, -0.15) is 0 Å². The van der Waals surface area contributed by atoms with E-state index in [2.05, 4.69) is 0 Å². The van der Waals surface area contributed by atoms with Crippen LogP contribution in [0.1, 0.15) is 17.9 Å². The van der Waals surface area contributed by atoms with Gasteiger partial charge in [-0.1, -0.05) is 12.1 Å². The van der Waals surface area contributed by atoms with Crippen molar-refractivity contribution in [2.45, 2.75) is 12.3 Å². The molecular formula is C13H16O4. The SMILES string of the molecule is COCCOc1cccc(C2COC(=O)C2)c1. The van der Waals surface area contributed by atoms with Crippen LogP contribution in [-0.2, 0) is 14.3 Å². The Kier molecular flexibility index (Phi) is 3.98. The first-order valence-electron chi connectivity index (χ1n) is 5.67. The van der Waals surface area contributed by atoms with Gasteiger partial charge in [-0.3, -0.25) is 4.79 Å². The lowest BCUT2D eigenvalue weighted by atomic mass is 9.98. The fourth-order valence-electron chi connectivity index (χ4n) is 1.83. The summed E-state index contributed by atoms with van der Waals surface area (Å²) in [5, 5.41) is 0. The highest BCUT2D eigenvalue weighted by Crippen LogP contribution is 2.28. The first kappa shape index (κ1) is 11.9. The van der Waals surface area contributed by atoms with Gasteiger partial charge >= 0.3 is 5.97 Å². The van der Waals surface area contributed by atoms with E-state index in [9.17, 15) is 4.79 Å². The predicted octanol–water partition coefficient (Wildman–Crippen LogP) is 1.74. The highest BCUT2D eigenvalue weighted by Gasteiger charge is 2.25. The second kappa shape index (κ2) is 5.68. The molecule has 0 bridgehead atoms. The van der Waals surface area contributed by atoms with Gasteiger partial charge < -0.3 is 14.2 Å². The van der Waals surface area contributed by atoms with E-state index < -0.39 is 0 Å². The summed E-state index contributed by atoms with van der Waals surface area (Å²) in [5.41, 5.74) is 1.09. The number of hydrogen-bond donors (Lipinski definition) is 0. The van der Waals surface area contributed by atoms with Crippen molar-refractivity contribution in [3.63, 3.8) is 0 Å². The van der Waals surface area contributed by atoms with Crippen LogP contribution in [0.15, 0.2) is 24.3 Å². The Morgan fingerprint density at radius 3 is 3.00 bits per heavy atom. The maximum atomic E-state index is 11.1. The Hall–Kier alpha value is -1.55. The maximum absolute atomic E-state index is 11.1. The van der Waals surface area contributed by atoms with Crippen LogP contribution >= 0.6 is 0 Å². The van der Waals surface area contributed by atoms with Crippen molar-refractivity contribution in [3.05, 3.63) is 29.8 Å². The van der Waals surface area contributed by atoms with Crippen molar-refractivity contribution >= 4 is 5.97 Å². The average molecular weight is 236 g/mol. The van der Waals surface area contributed by atoms with E-state index in [0.717, 1.165) is 11.3 Å². The molecule has 1 aromatic carbocycles. The van der Waals surface area contributed by atoms with Crippen LogP contribution < -0.4 is 4.74 Å². The van der Waals surface area contributed by atoms with Crippen molar-refractivity contribution < 1.29 is 19.0 Å². The van der Waals surface area contributed by atoms with Crippen molar-refractivity contribution in [1.82, 2.24) is 0 Å². The lowest BCUT2D eigenvalue weighted by molar-refractivity contribution is -0.137. The van der Waals surface area contributed by atoms with E-state index in [1.165, 1.54) is 0 Å². The summed E-state index contributed by atoms with van der Waals surface area (Å²) >= 11 is 0. The van der Waals surface area contributed by atoms with Crippen molar-refractivity contribution in [2.75, 3.05) is 26.9 Å². The summed E-state index contributed by atoms with van der Waals surface area (Å²) in [6.45, 7) is 1.57. The fraction of sp³-hybridized carbons (Fsp3) is 0.462. The second-order valence-electron chi connectivity index (χ2n) is 4.00. The van der Waals surface area contributed by atoms with Gasteiger partial charge in [0.2, 0.25) is 0 Å². The molecule has 92 valence electrons. The van der Waals surface area contributed by atoms with Crippen molar-refractivity contribution in [2.24, 2.45) is 0 Å². The third-order valence-electron chi connectivity index (χ3n) is 2.74. The largest absolute Gasteiger partial charge is 0.491 e. The Labute approximate surface area is 100 Å². The van der Waals surface area contributed by atoms with Crippen molar-refractivity contribution in [1.29, 1.82) is 0 Å². The number of carbonyl (C=O) groups is 1. The molecular weight excluding hydrogens is 220 g/mol. The third-order valence-corrected chi connectivity index (χ3v) is 2.74. The number of hydrogen-bond acceptors (Lipinski definition) is 4. The van der Waals surface area contributed by atoms with E-state index in [1.54, 1.807) is 7.11 Å². The minimum Gasteiger partial charge on any atom is -0.491 e. The minimum absolute atomic E-state index is 0.124. The van der Waals surface area contributed by atoms with Gasteiger partial charge in [-0.15, -0.1) is 0 Å². The summed E-state index contributed by atoms with van der Waals surface area (Å²) in [5.74, 6) is 0.841. The molecule has 0 aromatic heterocycles. The standard InChI is InChI=1S/C13H16O4/c1-15-5-6-16-12-4-2-3-10(7-12)11-8-13(14)17-9-11/h2-4,7,11H,5-6,8-9H2,1H3. The summed E-state index contributed by atoms with van der Waals surface area (Å²) in [6.07, 6.45) is 0.460. The molecule has 4 heteroatoms. The van der Waals surface area contributed by atoms with Crippen molar-refractivity contribution in [3.8, 4) is 5.75 Å². The number of cyclic esters (lactones) is 1. The Morgan fingerprint density at radius 1 is 1.41 bits per heavy atom. The highest BCUT2D eigenvalue weighted by atomic mass is 16.5. The van der Waals surface area contributed by atoms with E-state index in [1.807, 2.05) is 24.3 Å². The molecule has 1 aliphatic heterocycles. The number of esters is 1. The van der Waals surface area contributed by atoms with Gasteiger partial charge in [-0.25, -0.2) is 0 Å². The van der Waals surface area contributed by atoms with Gasteiger partial charge in [0.1, 0.15) is 12.4 Å². The zero-order valence-corrected chi connectivity index (χ0v) is 9.85. The maximum Gasteiger partial charge on any atom is 0.306 e. The molecule has 1 aromatic rings. The summed E-state index contributed by atoms with van der Waals surface area (Å²) in [6, 6.07) is 7.79. The molecule has 1 unspecified atom stereocenters. The first-order chi connectivity index (χ1) is 8.29. The van der Waals surface area contributed by atoms with Crippen LogP contribution in [-0.4, -0.2) is 32.9 Å². The lowest BCUT2D eigenvalue weighted by Gasteiger charge is -2.10. The fourth-order valence-corrected chi connectivity index (χ4v) is 1.83. The van der Waals surface area contributed by atoms with E-state index in [-0.39, 0.29) is 11.9 Å². The molecule has 1 saturated heterocycles. The van der Waals surface area contributed by atoms with Crippen LogP contribution in [0.25, 0.3) is 0 Å². The zero-order chi connectivity index (χ0) is 12.1. The number of methoxy groups -OCH3 is 1. The van der Waals surface area contributed by atoms with Crippen LogP contribution in [0.5, 0.6) is 5.75 Å². The summed E-state index contributed by atoms with van der Waals surface area (Å²) in [7, 11) is 1.64. The van der Waals surface area contributed by atoms with Gasteiger partial charge in [0.25, 0.3) is 0 Å². The Morgan fingerprint density at radius 2 is 2.29 bits per heavy atom. The molecule has 0 saturated carbocycles. The lowest BCUT2D eigenvalue weighted by Crippen LogP contribution is -2.05. The Balaban J connectivity index is 1.98. The molecule has 2 rings (SSSR count). The second-order valence-corrected chi connectivity index (χ2v) is 4.00. The molecule has 1 aliphatic rings. The molecule has 1 heterocycles. The van der Waals surface area contributed by atoms with Gasteiger partial charge in [0.15, 0.2) is 0 Å². The average Bonchev–Trinajstić information content (AvgIpc) is 2.77. The minimum atomic E-state index is -0.124. The topological polar surface area (TPSA) is 44.8 Å². The normalized spacial score (nSPS) is 19.1. The molecule has 17 heavy (non-hydrogen) atoms. The molecule has 0 spiro atoms. The van der Waals surface area contributed by atoms with E-state index in [4.69, 9.17) is 14.2 Å². The third kappa shape index (κ3) is 3.20. The molecule has 4 nitrogen and oxygen atoms in total. The quantitative estimate of drug-likeness (QED) is 0.577. The van der Waals surface area contributed by atoms with Crippen LogP contribution in [0.3, 0.4) is 0 Å². The zero-order valence-electron chi connectivity index (χ0n) is 9.85. The molecule has 0 N–H and O–H groups in total. The number of rotatable bonds is 5. The number of ether oxygens (including phenoxy) is 3. The molecule has 0 amide bonds. The van der Waals surface area contributed by atoms with Gasteiger partial charge in [-0.05, 0) is 17.7 Å². The monoisotopic (exact) mass is 236 g/mol. The molecule has 0 aliphatic carbocycles. The molecule has 1 atom stereocenters. The number of carbonyl (C=O) groups excluding carboxylic acids is 1. The predicted molar refractivity (Wildman–Crippen MR) is 62.1 cm³/mol. The molecule has 0 radical (unpaired) electrons. The van der Waals surface area contributed by atoms with Crippen LogP contribution in [0.4, 0.5) is 0 Å². The smallest absolute Gasteiger partial charge is 0.306 e. The van der Waals surface area contributed by atoms with E-state index in [0.29, 0.717) is 26.2 Å². The summed E-state index contributed by atoms with van der Waals surface area (Å²) in [4.78, 5) is 11.1. The van der Waals surface area contributed by atoms with E-state index >= 15 is 0 Å². The van der Waals surface area contributed by atoms with Gasteiger partial charge in [0.05, 0.1) is 19.6 Å². The summed E-state index contributed by atoms with van der Waals surface area (Å²) < 4.78 is 15.4. The number of benzene rings is 1. The van der Waals surface area contributed by atoms with Crippen LogP contribution in [0, 0.1) is 0 Å². The first-order valence-corrected chi connectivity index (χ1v) is 5.67. The Bertz CT molecular complexity index is 389.